The Kier molecular flexibility index (Phi) is 9.65. The summed E-state index contributed by atoms with van der Waals surface area (Å²) < 4.78 is 1.91. The molecule has 3 aromatic rings. The van der Waals surface area contributed by atoms with Crippen LogP contribution in [-0.4, -0.2) is 20.7 Å². The summed E-state index contributed by atoms with van der Waals surface area (Å²) in [5.74, 6) is 1.44. The fraction of sp³-hybridized carbons (Fsp3) is 0.400. The van der Waals surface area contributed by atoms with Gasteiger partial charge in [-0.15, -0.1) is 10.2 Å². The molecule has 1 heterocycles. The van der Waals surface area contributed by atoms with Crippen LogP contribution in [0.4, 0.5) is 0 Å². The van der Waals surface area contributed by atoms with Crippen molar-refractivity contribution in [2.75, 3.05) is 0 Å². The highest BCUT2D eigenvalue weighted by Gasteiger charge is 2.20. The molecule has 0 saturated carbocycles. The van der Waals surface area contributed by atoms with E-state index in [1.807, 2.05) is 22.8 Å². The van der Waals surface area contributed by atoms with Crippen LogP contribution in [0.1, 0.15) is 56.5 Å². The van der Waals surface area contributed by atoms with Gasteiger partial charge in [0.15, 0.2) is 11.0 Å². The van der Waals surface area contributed by atoms with E-state index >= 15 is 0 Å². The van der Waals surface area contributed by atoms with Crippen LogP contribution in [-0.2, 0) is 17.1 Å². The van der Waals surface area contributed by atoms with Crippen LogP contribution in [0.15, 0.2) is 47.6 Å². The fourth-order valence-corrected chi connectivity index (χ4v) is 5.14. The predicted octanol–water partition coefficient (Wildman–Crippen LogP) is 7.01. The molecule has 0 fully saturated rings. The second kappa shape index (κ2) is 12.4. The summed E-state index contributed by atoms with van der Waals surface area (Å²) >= 11 is 14.3. The second-order valence-corrected chi connectivity index (χ2v) is 9.80. The van der Waals surface area contributed by atoms with E-state index in [1.165, 1.54) is 11.1 Å². The Bertz CT molecular complexity index is 1090. The van der Waals surface area contributed by atoms with Crippen LogP contribution in [0.25, 0.3) is 5.69 Å². The molecule has 0 aliphatic carbocycles. The van der Waals surface area contributed by atoms with Gasteiger partial charge in [-0.2, -0.15) is 0 Å². The number of rotatable bonds is 11. The van der Waals surface area contributed by atoms with Crippen molar-refractivity contribution in [2.45, 2.75) is 63.9 Å². The zero-order valence-electron chi connectivity index (χ0n) is 19.3. The number of carbonyl (C=O) groups excluding carboxylic acids is 1. The summed E-state index contributed by atoms with van der Waals surface area (Å²) in [4.78, 5) is 12.8. The zero-order chi connectivity index (χ0) is 23.8. The Hall–Kier alpha value is -2.02. The van der Waals surface area contributed by atoms with Gasteiger partial charge in [0.25, 0.3) is 0 Å². The lowest BCUT2D eigenvalue weighted by Gasteiger charge is -2.16. The van der Waals surface area contributed by atoms with Crippen molar-refractivity contribution in [2.24, 2.45) is 5.92 Å². The second-order valence-electron chi connectivity index (χ2n) is 8.01. The molecule has 0 saturated heterocycles. The summed E-state index contributed by atoms with van der Waals surface area (Å²) in [6.07, 6.45) is 3.84. The van der Waals surface area contributed by atoms with Crippen LogP contribution >= 0.6 is 35.0 Å². The van der Waals surface area contributed by atoms with Gasteiger partial charge in [-0.05, 0) is 49.1 Å². The molecule has 1 aromatic heterocycles. The number of nitrogens with one attached hydrogen (secondary N) is 1. The van der Waals surface area contributed by atoms with E-state index in [9.17, 15) is 4.79 Å². The number of unbranched alkanes of at least 4 members (excludes halogenated alkanes) is 1. The molecule has 8 heteroatoms. The van der Waals surface area contributed by atoms with Gasteiger partial charge in [-0.25, -0.2) is 0 Å². The predicted molar refractivity (Wildman–Crippen MR) is 137 cm³/mol. The topological polar surface area (TPSA) is 59.8 Å². The first-order valence-corrected chi connectivity index (χ1v) is 13.0. The summed E-state index contributed by atoms with van der Waals surface area (Å²) in [7, 11) is 0. The maximum Gasteiger partial charge on any atom is 0.223 e. The third-order valence-electron chi connectivity index (χ3n) is 5.66. The first-order valence-electron chi connectivity index (χ1n) is 11.3. The Balaban J connectivity index is 1.85. The molecule has 0 aliphatic heterocycles. The van der Waals surface area contributed by atoms with E-state index in [4.69, 9.17) is 23.2 Å². The molecule has 0 radical (unpaired) electrons. The minimum atomic E-state index is 0.00958. The Labute approximate surface area is 210 Å². The monoisotopic (exact) mass is 504 g/mol. The average Bonchev–Trinajstić information content (AvgIpc) is 3.20. The number of carbonyl (C=O) groups is 1. The summed E-state index contributed by atoms with van der Waals surface area (Å²) in [6.45, 7) is 6.56. The molecule has 1 atom stereocenters. The summed E-state index contributed by atoms with van der Waals surface area (Å²) in [6, 6.07) is 13.6. The number of hydrogen-bond donors (Lipinski definition) is 1. The highest BCUT2D eigenvalue weighted by Crippen LogP contribution is 2.31. The van der Waals surface area contributed by atoms with Gasteiger partial charge < -0.3 is 5.32 Å². The molecule has 1 N–H and O–H groups in total. The van der Waals surface area contributed by atoms with Gasteiger partial charge in [0.2, 0.25) is 5.91 Å². The molecule has 5 nitrogen and oxygen atoms in total. The quantitative estimate of drug-likeness (QED) is 0.285. The molecule has 1 amide bonds. The third kappa shape index (κ3) is 6.75. The van der Waals surface area contributed by atoms with Gasteiger partial charge in [-0.3, -0.25) is 9.36 Å². The van der Waals surface area contributed by atoms with Crippen molar-refractivity contribution in [3.63, 3.8) is 0 Å². The van der Waals surface area contributed by atoms with Gasteiger partial charge >= 0.3 is 0 Å². The maximum absolute atomic E-state index is 12.8. The first-order chi connectivity index (χ1) is 15.9. The molecule has 2 aromatic carbocycles. The zero-order valence-corrected chi connectivity index (χ0v) is 21.6. The van der Waals surface area contributed by atoms with Crippen LogP contribution in [0.5, 0.6) is 0 Å². The molecule has 0 aliphatic rings. The van der Waals surface area contributed by atoms with E-state index in [1.54, 1.807) is 23.9 Å². The SMILES string of the molecule is CCCCC(CC)C(=O)NCc1nnc(SCc2ccccc2C)n1-c1ccc(Cl)cc1Cl. The molecule has 0 spiro atoms. The molecule has 176 valence electrons. The third-order valence-corrected chi connectivity index (χ3v) is 7.18. The smallest absolute Gasteiger partial charge is 0.223 e. The van der Waals surface area contributed by atoms with Crippen molar-refractivity contribution in [1.82, 2.24) is 20.1 Å². The fourth-order valence-electron chi connectivity index (χ4n) is 3.61. The van der Waals surface area contributed by atoms with Gasteiger partial charge in [0.05, 0.1) is 17.3 Å². The van der Waals surface area contributed by atoms with Gasteiger partial charge in [-0.1, -0.05) is 85.9 Å². The number of aryl methyl sites for hydroxylation is 1. The Morgan fingerprint density at radius 3 is 2.64 bits per heavy atom. The van der Waals surface area contributed by atoms with Gasteiger partial charge in [0.1, 0.15) is 0 Å². The lowest BCUT2D eigenvalue weighted by atomic mass is 9.98. The lowest BCUT2D eigenvalue weighted by Crippen LogP contribution is -2.31. The van der Waals surface area contributed by atoms with E-state index in [0.717, 1.165) is 37.1 Å². The van der Waals surface area contributed by atoms with E-state index < -0.39 is 0 Å². The molecule has 33 heavy (non-hydrogen) atoms. The van der Waals surface area contributed by atoms with Crippen molar-refractivity contribution in [1.29, 1.82) is 0 Å². The number of aromatic nitrogens is 3. The normalized spacial score (nSPS) is 12.0. The lowest BCUT2D eigenvalue weighted by molar-refractivity contribution is -0.125. The average molecular weight is 506 g/mol. The maximum atomic E-state index is 12.8. The Morgan fingerprint density at radius 2 is 1.94 bits per heavy atom. The molecule has 3 rings (SSSR count). The summed E-state index contributed by atoms with van der Waals surface area (Å²) in [5, 5.41) is 13.7. The van der Waals surface area contributed by atoms with E-state index in [-0.39, 0.29) is 18.4 Å². The minimum absolute atomic E-state index is 0.00958. The van der Waals surface area contributed by atoms with Crippen LogP contribution in [0, 0.1) is 12.8 Å². The number of halogens is 2. The van der Waals surface area contributed by atoms with Crippen molar-refractivity contribution in [3.8, 4) is 5.69 Å². The van der Waals surface area contributed by atoms with Crippen LogP contribution in [0.3, 0.4) is 0 Å². The van der Waals surface area contributed by atoms with E-state index in [2.05, 4.69) is 48.4 Å². The van der Waals surface area contributed by atoms with Crippen molar-refractivity contribution in [3.05, 3.63) is 69.5 Å². The number of thioether (sulfide) groups is 1. The van der Waals surface area contributed by atoms with Crippen LogP contribution in [0.2, 0.25) is 10.0 Å². The standard InChI is InChI=1S/C25H30Cl2N4OS/c1-4-6-10-18(5-2)24(32)28-15-23-29-30-25(33-16-19-11-8-7-9-17(19)3)31(23)22-13-12-20(26)14-21(22)27/h7-9,11-14,18H,4-6,10,15-16H2,1-3H3,(H,28,32). The van der Waals surface area contributed by atoms with E-state index in [0.29, 0.717) is 21.0 Å². The number of amides is 1. The highest BCUT2D eigenvalue weighted by atomic mass is 35.5. The number of nitrogens with zero attached hydrogens (tertiary/aromatic N) is 3. The van der Waals surface area contributed by atoms with Crippen molar-refractivity contribution >= 4 is 40.9 Å². The first kappa shape index (κ1) is 25.6. The molecule has 1 unspecified atom stereocenters. The van der Waals surface area contributed by atoms with Crippen LogP contribution < -0.4 is 5.32 Å². The largest absolute Gasteiger partial charge is 0.349 e. The number of benzene rings is 2. The highest BCUT2D eigenvalue weighted by molar-refractivity contribution is 7.98. The van der Waals surface area contributed by atoms with Crippen molar-refractivity contribution < 1.29 is 4.79 Å². The molecule has 0 bridgehead atoms. The molecular formula is C25H30Cl2N4OS. The Morgan fingerprint density at radius 1 is 1.15 bits per heavy atom. The van der Waals surface area contributed by atoms with Gasteiger partial charge in [0, 0.05) is 16.7 Å². The summed E-state index contributed by atoms with van der Waals surface area (Å²) in [5.41, 5.74) is 3.20. The minimum Gasteiger partial charge on any atom is -0.349 e. The number of hydrogen-bond acceptors (Lipinski definition) is 4. The molecular weight excluding hydrogens is 475 g/mol.